The van der Waals surface area contributed by atoms with Crippen molar-refractivity contribution in [1.82, 2.24) is 14.9 Å². The normalized spacial score (nSPS) is 11.3. The zero-order chi connectivity index (χ0) is 14.8. The van der Waals surface area contributed by atoms with Crippen LogP contribution >= 0.6 is 12.2 Å². The summed E-state index contributed by atoms with van der Waals surface area (Å²) in [4.78, 5) is 14.5. The summed E-state index contributed by atoms with van der Waals surface area (Å²) in [5, 5.41) is 1.81. The summed E-state index contributed by atoms with van der Waals surface area (Å²) < 4.78 is 37.9. The van der Waals surface area contributed by atoms with Gasteiger partial charge in [-0.2, -0.15) is 13.2 Å². The minimum atomic E-state index is -4.46. The van der Waals surface area contributed by atoms with Gasteiger partial charge in [-0.15, -0.1) is 0 Å². The summed E-state index contributed by atoms with van der Waals surface area (Å²) in [5.74, 6) is -0.849. The van der Waals surface area contributed by atoms with Crippen molar-refractivity contribution in [2.45, 2.75) is 6.18 Å². The molecule has 0 radical (unpaired) electrons. The molecule has 0 aliphatic rings. The number of para-hydroxylation sites is 1. The van der Waals surface area contributed by atoms with Crippen molar-refractivity contribution >= 4 is 18.1 Å². The Hall–Kier alpha value is -2.09. The number of rotatable bonds is 3. The first-order valence-corrected chi connectivity index (χ1v) is 6.00. The molecule has 0 unspecified atom stereocenters. The van der Waals surface area contributed by atoms with E-state index in [1.807, 2.05) is 5.32 Å². The van der Waals surface area contributed by atoms with E-state index in [9.17, 15) is 18.0 Å². The van der Waals surface area contributed by atoms with Gasteiger partial charge in [0, 0.05) is 11.9 Å². The first-order valence-electron chi connectivity index (χ1n) is 5.59. The van der Waals surface area contributed by atoms with E-state index in [2.05, 4.69) is 4.98 Å². The second-order valence-corrected chi connectivity index (χ2v) is 4.33. The predicted molar refractivity (Wildman–Crippen MR) is 69.3 cm³/mol. The number of benzene rings is 1. The topological polar surface area (TPSA) is 49.8 Å². The third-order valence-electron chi connectivity index (χ3n) is 2.47. The van der Waals surface area contributed by atoms with E-state index in [0.29, 0.717) is 5.69 Å². The highest BCUT2D eigenvalue weighted by atomic mass is 32.1. The van der Waals surface area contributed by atoms with Crippen LogP contribution in [0.4, 0.5) is 13.2 Å². The molecule has 0 saturated heterocycles. The monoisotopic (exact) mass is 301 g/mol. The van der Waals surface area contributed by atoms with Crippen LogP contribution in [0.3, 0.4) is 0 Å². The highest BCUT2D eigenvalue weighted by Crippen LogP contribution is 2.15. The molecule has 1 aromatic carbocycles. The molecule has 4 nitrogen and oxygen atoms in total. The van der Waals surface area contributed by atoms with Crippen LogP contribution in [0.2, 0.25) is 0 Å². The maximum Gasteiger partial charge on any atom is 0.405 e. The average molecular weight is 301 g/mol. The molecule has 0 bridgehead atoms. The van der Waals surface area contributed by atoms with Gasteiger partial charge in [-0.25, -0.2) is 0 Å². The van der Waals surface area contributed by atoms with Crippen LogP contribution < -0.4 is 5.32 Å². The largest absolute Gasteiger partial charge is 0.405 e. The predicted octanol–water partition coefficient (Wildman–Crippen LogP) is 2.83. The summed E-state index contributed by atoms with van der Waals surface area (Å²) in [6, 6.07) is 8.65. The number of imidazole rings is 1. The van der Waals surface area contributed by atoms with Crippen molar-refractivity contribution in [2.75, 3.05) is 6.54 Å². The summed E-state index contributed by atoms with van der Waals surface area (Å²) >= 11 is 5.04. The number of carbonyl (C=O) groups excluding carboxylic acids is 1. The fraction of sp³-hybridized carbons (Fsp3) is 0.167. The number of H-pyrrole nitrogens is 1. The molecule has 2 aromatic rings. The molecule has 106 valence electrons. The van der Waals surface area contributed by atoms with Gasteiger partial charge in [0.05, 0.1) is 0 Å². The van der Waals surface area contributed by atoms with E-state index in [-0.39, 0.29) is 10.5 Å². The van der Waals surface area contributed by atoms with E-state index in [1.165, 1.54) is 10.8 Å². The molecule has 2 rings (SSSR count). The average Bonchev–Trinajstić information content (AvgIpc) is 2.78. The highest BCUT2D eigenvalue weighted by molar-refractivity contribution is 7.71. The summed E-state index contributed by atoms with van der Waals surface area (Å²) in [6.07, 6.45) is -3.18. The Balaban J connectivity index is 2.30. The lowest BCUT2D eigenvalue weighted by Gasteiger charge is -2.10. The number of hydrogen-bond donors (Lipinski definition) is 2. The molecular formula is C12H10F3N3OS. The lowest BCUT2D eigenvalue weighted by Crippen LogP contribution is -2.34. The van der Waals surface area contributed by atoms with Crippen LogP contribution in [0.5, 0.6) is 0 Å². The number of aromatic amines is 1. The fourth-order valence-electron chi connectivity index (χ4n) is 1.64. The first-order chi connectivity index (χ1) is 9.38. The Kier molecular flexibility index (Phi) is 3.93. The lowest BCUT2D eigenvalue weighted by atomic mass is 10.3. The Morgan fingerprint density at radius 3 is 2.55 bits per heavy atom. The standard InChI is InChI=1S/C12H10F3N3OS/c13-12(14,15)7-17-10(19)9-6-16-11(20)18(9)8-4-2-1-3-5-8/h1-6H,7H2,(H,16,20)(H,17,19). The summed E-state index contributed by atoms with van der Waals surface area (Å²) in [6.45, 7) is -1.39. The molecule has 8 heteroatoms. The number of hydrogen-bond acceptors (Lipinski definition) is 2. The highest BCUT2D eigenvalue weighted by Gasteiger charge is 2.28. The van der Waals surface area contributed by atoms with E-state index in [4.69, 9.17) is 12.2 Å². The lowest BCUT2D eigenvalue weighted by molar-refractivity contribution is -0.123. The van der Waals surface area contributed by atoms with Crippen LogP contribution in [0.25, 0.3) is 5.69 Å². The quantitative estimate of drug-likeness (QED) is 0.857. The second kappa shape index (κ2) is 5.49. The van der Waals surface area contributed by atoms with Crippen molar-refractivity contribution in [1.29, 1.82) is 0 Å². The molecule has 1 heterocycles. The number of alkyl halides is 3. The SMILES string of the molecule is O=C(NCC(F)(F)F)c1c[nH]c(=S)n1-c1ccccc1. The molecule has 0 atom stereocenters. The second-order valence-electron chi connectivity index (χ2n) is 3.95. The van der Waals surface area contributed by atoms with Crippen LogP contribution in [-0.2, 0) is 0 Å². The van der Waals surface area contributed by atoms with Gasteiger partial charge in [0.15, 0.2) is 4.77 Å². The fourth-order valence-corrected chi connectivity index (χ4v) is 1.90. The van der Waals surface area contributed by atoms with E-state index in [0.717, 1.165) is 0 Å². The number of nitrogens with zero attached hydrogens (tertiary/aromatic N) is 1. The summed E-state index contributed by atoms with van der Waals surface area (Å²) in [7, 11) is 0. The number of aromatic nitrogens is 2. The molecule has 1 aromatic heterocycles. The first kappa shape index (κ1) is 14.3. The van der Waals surface area contributed by atoms with E-state index >= 15 is 0 Å². The van der Waals surface area contributed by atoms with Crippen molar-refractivity contribution < 1.29 is 18.0 Å². The number of amides is 1. The molecule has 0 aliphatic heterocycles. The van der Waals surface area contributed by atoms with Gasteiger partial charge < -0.3 is 10.3 Å². The Morgan fingerprint density at radius 1 is 1.30 bits per heavy atom. The van der Waals surface area contributed by atoms with Gasteiger partial charge in [-0.05, 0) is 24.4 Å². The van der Waals surface area contributed by atoms with Crippen molar-refractivity contribution in [3.05, 3.63) is 47.0 Å². The molecule has 0 fully saturated rings. The minimum Gasteiger partial charge on any atom is -0.342 e. The zero-order valence-electron chi connectivity index (χ0n) is 10.1. The smallest absolute Gasteiger partial charge is 0.342 e. The Labute approximate surface area is 117 Å². The van der Waals surface area contributed by atoms with Crippen LogP contribution in [0.15, 0.2) is 36.5 Å². The van der Waals surface area contributed by atoms with Gasteiger partial charge in [0.25, 0.3) is 5.91 Å². The molecule has 1 amide bonds. The summed E-state index contributed by atoms with van der Waals surface area (Å²) in [5.41, 5.74) is 0.612. The third-order valence-corrected chi connectivity index (χ3v) is 2.77. The van der Waals surface area contributed by atoms with Crippen LogP contribution in [0, 0.1) is 4.77 Å². The van der Waals surface area contributed by atoms with Gasteiger partial charge in [0.2, 0.25) is 0 Å². The Bertz CT molecular complexity index is 661. The van der Waals surface area contributed by atoms with Gasteiger partial charge in [-0.3, -0.25) is 9.36 Å². The van der Waals surface area contributed by atoms with Crippen LogP contribution in [0.1, 0.15) is 10.5 Å². The van der Waals surface area contributed by atoms with E-state index < -0.39 is 18.6 Å². The minimum absolute atomic E-state index is 0.0189. The van der Waals surface area contributed by atoms with E-state index in [1.54, 1.807) is 30.3 Å². The maximum absolute atomic E-state index is 12.1. The van der Waals surface area contributed by atoms with Crippen molar-refractivity contribution in [3.8, 4) is 5.69 Å². The Morgan fingerprint density at radius 2 is 1.95 bits per heavy atom. The third kappa shape index (κ3) is 3.27. The van der Waals surface area contributed by atoms with Gasteiger partial charge >= 0.3 is 6.18 Å². The van der Waals surface area contributed by atoms with Crippen LogP contribution in [-0.4, -0.2) is 28.2 Å². The molecule has 0 aliphatic carbocycles. The van der Waals surface area contributed by atoms with Crippen molar-refractivity contribution in [2.24, 2.45) is 0 Å². The molecule has 2 N–H and O–H groups in total. The van der Waals surface area contributed by atoms with Gasteiger partial charge in [-0.1, -0.05) is 18.2 Å². The number of nitrogens with one attached hydrogen (secondary N) is 2. The zero-order valence-corrected chi connectivity index (χ0v) is 10.9. The molecule has 0 spiro atoms. The number of carbonyl (C=O) groups is 1. The molecular weight excluding hydrogens is 291 g/mol. The maximum atomic E-state index is 12.1. The van der Waals surface area contributed by atoms with Gasteiger partial charge in [0.1, 0.15) is 12.2 Å². The molecule has 20 heavy (non-hydrogen) atoms. The molecule has 0 saturated carbocycles. The number of halogens is 3. The van der Waals surface area contributed by atoms with Crippen molar-refractivity contribution in [3.63, 3.8) is 0 Å².